The molecule has 5 atom stereocenters. The van der Waals surface area contributed by atoms with E-state index in [0.29, 0.717) is 31.2 Å². The molecule has 0 aliphatic carbocycles. The smallest absolute Gasteiger partial charge is 0.312 e. The summed E-state index contributed by atoms with van der Waals surface area (Å²) in [6.45, 7) is 8.06. The second-order valence-electron chi connectivity index (χ2n) is 10.3. The van der Waals surface area contributed by atoms with Gasteiger partial charge in [-0.25, -0.2) is 4.68 Å². The van der Waals surface area contributed by atoms with Gasteiger partial charge in [0.25, 0.3) is 0 Å². The van der Waals surface area contributed by atoms with Crippen LogP contribution in [0.15, 0.2) is 36.9 Å². The number of fused-ring (bicyclic) bond motifs is 2. The zero-order chi connectivity index (χ0) is 27.1. The van der Waals surface area contributed by atoms with E-state index in [1.165, 1.54) is 4.90 Å². The summed E-state index contributed by atoms with van der Waals surface area (Å²) < 4.78 is 13.8. The van der Waals surface area contributed by atoms with Gasteiger partial charge in [0, 0.05) is 19.7 Å². The first-order valence-electron chi connectivity index (χ1n) is 13.3. The zero-order valence-corrected chi connectivity index (χ0v) is 21.9. The van der Waals surface area contributed by atoms with Gasteiger partial charge in [0.15, 0.2) is 0 Å². The summed E-state index contributed by atoms with van der Waals surface area (Å²) in [5, 5.41) is 18.0. The predicted molar refractivity (Wildman–Crippen MR) is 136 cm³/mol. The minimum atomic E-state index is -1.15. The molecule has 3 aliphatic rings. The van der Waals surface area contributed by atoms with E-state index in [0.717, 1.165) is 5.52 Å². The number of carbonyl (C=O) groups excluding carboxylic acids is 3. The predicted octanol–water partition coefficient (Wildman–Crippen LogP) is 1.50. The van der Waals surface area contributed by atoms with Gasteiger partial charge in [0.1, 0.15) is 29.7 Å². The van der Waals surface area contributed by atoms with Crippen LogP contribution >= 0.6 is 0 Å². The molecule has 5 rings (SSSR count). The number of para-hydroxylation sites is 1. The van der Waals surface area contributed by atoms with Crippen LogP contribution in [0.4, 0.5) is 0 Å². The Labute approximate surface area is 221 Å². The molecule has 2 amide bonds. The van der Waals surface area contributed by atoms with Crippen LogP contribution in [0.5, 0.6) is 0 Å². The number of aliphatic hydroxyl groups excluding tert-OH is 1. The molecular weight excluding hydrogens is 490 g/mol. The third-order valence-electron chi connectivity index (χ3n) is 8.40. The number of ether oxygens (including phenoxy) is 2. The lowest BCUT2D eigenvalue weighted by Gasteiger charge is -2.36. The summed E-state index contributed by atoms with van der Waals surface area (Å²) in [5.74, 6) is -2.67. The number of rotatable bonds is 11. The third kappa shape index (κ3) is 3.82. The van der Waals surface area contributed by atoms with Crippen molar-refractivity contribution in [1.82, 2.24) is 24.8 Å². The molecule has 1 spiro atoms. The Kier molecular flexibility index (Phi) is 6.99. The first-order chi connectivity index (χ1) is 18.4. The van der Waals surface area contributed by atoms with Crippen molar-refractivity contribution < 1.29 is 29.0 Å². The van der Waals surface area contributed by atoms with E-state index in [1.54, 1.807) is 22.6 Å². The van der Waals surface area contributed by atoms with Gasteiger partial charge in [0.2, 0.25) is 11.8 Å². The van der Waals surface area contributed by atoms with Gasteiger partial charge in [-0.05, 0) is 44.7 Å². The number of esters is 1. The first kappa shape index (κ1) is 26.3. The van der Waals surface area contributed by atoms with Crippen molar-refractivity contribution in [3.8, 4) is 0 Å². The quantitative estimate of drug-likeness (QED) is 0.346. The Morgan fingerprint density at radius 1 is 1.32 bits per heavy atom. The minimum Gasteiger partial charge on any atom is -0.466 e. The molecule has 3 aliphatic heterocycles. The molecule has 1 aromatic carbocycles. The molecule has 3 fully saturated rings. The number of hydrogen-bond donors (Lipinski definition) is 1. The van der Waals surface area contributed by atoms with Crippen molar-refractivity contribution in [2.45, 2.75) is 63.4 Å². The second kappa shape index (κ2) is 10.1. The molecule has 4 heterocycles. The number of amides is 2. The maximum atomic E-state index is 14.4. The molecule has 11 nitrogen and oxygen atoms in total. The maximum Gasteiger partial charge on any atom is 0.312 e. The molecule has 0 radical (unpaired) electrons. The topological polar surface area (TPSA) is 127 Å². The van der Waals surface area contributed by atoms with Gasteiger partial charge in [0.05, 0.1) is 23.6 Å². The molecule has 38 heavy (non-hydrogen) atoms. The molecule has 1 N–H and O–H groups in total. The van der Waals surface area contributed by atoms with Gasteiger partial charge >= 0.3 is 5.97 Å². The largest absolute Gasteiger partial charge is 0.466 e. The van der Waals surface area contributed by atoms with E-state index in [-0.39, 0.29) is 44.8 Å². The molecule has 11 heteroatoms. The number of likely N-dealkylation sites (tertiary alicyclic amines) is 1. The molecule has 2 bridgehead atoms. The monoisotopic (exact) mass is 525 g/mol. The van der Waals surface area contributed by atoms with Crippen LogP contribution in [0.25, 0.3) is 11.0 Å². The lowest BCUT2D eigenvalue weighted by molar-refractivity contribution is -0.162. The number of aromatic nitrogens is 3. The Balaban J connectivity index is 1.55. The van der Waals surface area contributed by atoms with E-state index in [2.05, 4.69) is 16.9 Å². The molecule has 3 saturated heterocycles. The van der Waals surface area contributed by atoms with E-state index in [1.807, 2.05) is 31.2 Å². The van der Waals surface area contributed by atoms with Crippen LogP contribution in [0.1, 0.15) is 39.5 Å². The lowest BCUT2D eigenvalue weighted by atomic mass is 9.65. The van der Waals surface area contributed by atoms with Crippen LogP contribution in [0, 0.1) is 11.8 Å². The Bertz CT molecular complexity index is 1250. The van der Waals surface area contributed by atoms with Crippen molar-refractivity contribution in [3.05, 3.63) is 36.9 Å². The van der Waals surface area contributed by atoms with Crippen molar-refractivity contribution in [3.63, 3.8) is 0 Å². The third-order valence-corrected chi connectivity index (χ3v) is 8.40. The number of benzene rings is 1. The van der Waals surface area contributed by atoms with E-state index in [4.69, 9.17) is 9.47 Å². The van der Waals surface area contributed by atoms with Crippen LogP contribution in [0.2, 0.25) is 0 Å². The summed E-state index contributed by atoms with van der Waals surface area (Å²) in [5.41, 5.74) is -0.520. The Hall–Kier alpha value is -3.31. The summed E-state index contributed by atoms with van der Waals surface area (Å²) in [6.07, 6.45) is 3.50. The normalized spacial score (nSPS) is 29.6. The number of nitrogens with zero attached hydrogens (tertiary/aromatic N) is 5. The molecule has 1 aromatic heterocycles. The fraction of sp³-hybridized carbons (Fsp3) is 0.593. The van der Waals surface area contributed by atoms with Crippen molar-refractivity contribution in [2.75, 3.05) is 26.3 Å². The highest BCUT2D eigenvalue weighted by atomic mass is 16.6. The standard InChI is InChI=1S/C27H35N5O6/c1-4-14-30(17-32-19-11-8-7-10-18(19)28-29-32)24(35)22-27-13-12-26(5-2,38-27)21(25(36)37-6-3)20(27)23(34)31(22)15-9-16-33/h4,7-8,10-11,20-22,33H,1,5-6,9,12-17H2,2-3H3/t20-,21+,22?,26-,27?/m0/s1. The molecule has 204 valence electrons. The minimum absolute atomic E-state index is 0.102. The van der Waals surface area contributed by atoms with E-state index >= 15 is 0 Å². The van der Waals surface area contributed by atoms with Gasteiger partial charge in [-0.3, -0.25) is 14.4 Å². The summed E-state index contributed by atoms with van der Waals surface area (Å²) in [7, 11) is 0. The number of hydrogen-bond acceptors (Lipinski definition) is 8. The average molecular weight is 526 g/mol. The van der Waals surface area contributed by atoms with Crippen LogP contribution in [0.3, 0.4) is 0 Å². The second-order valence-corrected chi connectivity index (χ2v) is 10.3. The first-order valence-corrected chi connectivity index (χ1v) is 13.3. The Morgan fingerprint density at radius 2 is 2.11 bits per heavy atom. The van der Waals surface area contributed by atoms with E-state index in [9.17, 15) is 19.5 Å². The average Bonchev–Trinajstić information content (AvgIpc) is 3.64. The van der Waals surface area contributed by atoms with Crippen molar-refractivity contribution in [2.24, 2.45) is 11.8 Å². The van der Waals surface area contributed by atoms with Gasteiger partial charge in [-0.2, -0.15) is 0 Å². The highest BCUT2D eigenvalue weighted by Crippen LogP contribution is 2.64. The zero-order valence-electron chi connectivity index (χ0n) is 21.9. The van der Waals surface area contributed by atoms with Gasteiger partial charge in [-0.1, -0.05) is 30.3 Å². The molecule has 2 aromatic rings. The number of aliphatic hydroxyl groups is 1. The molecule has 2 unspecified atom stereocenters. The molecular formula is C27H35N5O6. The highest BCUT2D eigenvalue weighted by Gasteiger charge is 2.79. The fourth-order valence-electron chi connectivity index (χ4n) is 6.80. The fourth-order valence-corrected chi connectivity index (χ4v) is 6.80. The Morgan fingerprint density at radius 3 is 2.82 bits per heavy atom. The van der Waals surface area contributed by atoms with Crippen LogP contribution in [-0.4, -0.2) is 91.2 Å². The van der Waals surface area contributed by atoms with Gasteiger partial charge in [-0.15, -0.1) is 11.7 Å². The highest BCUT2D eigenvalue weighted by molar-refractivity contribution is 5.98. The van der Waals surface area contributed by atoms with Crippen molar-refractivity contribution in [1.29, 1.82) is 0 Å². The van der Waals surface area contributed by atoms with Crippen molar-refractivity contribution >= 4 is 28.8 Å². The summed E-state index contributed by atoms with van der Waals surface area (Å²) in [4.78, 5) is 44.7. The molecule has 0 saturated carbocycles. The van der Waals surface area contributed by atoms with Gasteiger partial charge < -0.3 is 24.4 Å². The maximum absolute atomic E-state index is 14.4. The summed E-state index contributed by atoms with van der Waals surface area (Å²) in [6, 6.07) is 6.52. The number of carbonyl (C=O) groups is 3. The van der Waals surface area contributed by atoms with Crippen LogP contribution in [-0.2, 0) is 30.5 Å². The SMILES string of the molecule is C=CCN(Cn1nnc2ccccc21)C(=O)C1N(CCCO)C(=O)[C@@H]2[C@H](C(=O)OCC)[C@]3(CC)CCC12O3. The lowest BCUT2D eigenvalue weighted by Crippen LogP contribution is -2.56. The van der Waals surface area contributed by atoms with Crippen LogP contribution < -0.4 is 0 Å². The van der Waals surface area contributed by atoms with E-state index < -0.39 is 35.0 Å². The summed E-state index contributed by atoms with van der Waals surface area (Å²) >= 11 is 0.